The van der Waals surface area contributed by atoms with Crippen LogP contribution in [0, 0.1) is 0 Å². The molecule has 0 aliphatic carbocycles. The second kappa shape index (κ2) is 9.49. The minimum atomic E-state index is -0.609. The topological polar surface area (TPSA) is 135 Å². The van der Waals surface area contributed by atoms with Crippen molar-refractivity contribution < 1.29 is 14.3 Å². The Hall–Kier alpha value is -3.57. The molecule has 3 aromatic heterocycles. The molecule has 2 amide bonds. The van der Waals surface area contributed by atoms with Gasteiger partial charge in [0, 0.05) is 55.2 Å². The van der Waals surface area contributed by atoms with Gasteiger partial charge >= 0.3 is 0 Å². The Kier molecular flexibility index (Phi) is 6.34. The molecule has 4 rings (SSSR count). The second-order valence-corrected chi connectivity index (χ2v) is 7.80. The lowest BCUT2D eigenvalue weighted by Gasteiger charge is -2.28. The number of hydrogen-bond donors (Lipinski definition) is 3. The molecular weight excluding hydrogens is 418 g/mol. The maximum atomic E-state index is 12.1. The van der Waals surface area contributed by atoms with Gasteiger partial charge in [-0.15, -0.1) is 0 Å². The highest BCUT2D eigenvalue weighted by atomic mass is 32.1. The van der Waals surface area contributed by atoms with Gasteiger partial charge in [-0.3, -0.25) is 14.6 Å². The minimum Gasteiger partial charge on any atom is -0.378 e. The Balaban J connectivity index is 1.46. The van der Waals surface area contributed by atoms with Crippen LogP contribution in [0.15, 0.2) is 43.0 Å². The first-order valence-corrected chi connectivity index (χ1v) is 10.4. The number of nitrogens with one attached hydrogen (secondary N) is 2. The molecule has 1 aliphatic rings. The Labute approximate surface area is 182 Å². The molecule has 1 aliphatic heterocycles. The standard InChI is InChI=1S/C20H21N7O3S/c21-17(28)12-24-19(29)14-7-13(9-22-10-14)16-11-25-20(31-16)26-18-8-15(1-2-23-18)27-3-5-30-6-4-27/h1-2,7-11H,3-6,12H2,(H2,21,28)(H,24,29)(H,23,25,26). The smallest absolute Gasteiger partial charge is 0.253 e. The van der Waals surface area contributed by atoms with Gasteiger partial charge in [-0.2, -0.15) is 0 Å². The van der Waals surface area contributed by atoms with Gasteiger partial charge in [-0.1, -0.05) is 11.3 Å². The van der Waals surface area contributed by atoms with Crippen LogP contribution in [0.5, 0.6) is 0 Å². The summed E-state index contributed by atoms with van der Waals surface area (Å²) < 4.78 is 5.41. The zero-order chi connectivity index (χ0) is 21.6. The first-order chi connectivity index (χ1) is 15.1. The van der Waals surface area contributed by atoms with E-state index in [0.29, 0.717) is 29.7 Å². The number of carbonyl (C=O) groups excluding carboxylic acids is 2. The minimum absolute atomic E-state index is 0.228. The zero-order valence-electron chi connectivity index (χ0n) is 16.6. The maximum absolute atomic E-state index is 12.1. The fraction of sp³-hybridized carbons (Fsp3) is 0.250. The van der Waals surface area contributed by atoms with Crippen LogP contribution in [-0.4, -0.2) is 59.6 Å². The van der Waals surface area contributed by atoms with Gasteiger partial charge in [0.2, 0.25) is 5.91 Å². The highest BCUT2D eigenvalue weighted by Gasteiger charge is 2.13. The van der Waals surface area contributed by atoms with Crippen LogP contribution in [0.2, 0.25) is 0 Å². The van der Waals surface area contributed by atoms with E-state index in [4.69, 9.17) is 10.5 Å². The summed E-state index contributed by atoms with van der Waals surface area (Å²) in [4.78, 5) is 39.0. The van der Waals surface area contributed by atoms with E-state index in [2.05, 4.69) is 30.5 Å². The lowest BCUT2D eigenvalue weighted by molar-refractivity contribution is -0.117. The summed E-state index contributed by atoms with van der Waals surface area (Å²) >= 11 is 1.42. The van der Waals surface area contributed by atoms with Gasteiger partial charge in [-0.25, -0.2) is 9.97 Å². The Bertz CT molecular complexity index is 1080. The normalized spacial score (nSPS) is 13.6. The van der Waals surface area contributed by atoms with E-state index in [1.54, 1.807) is 24.7 Å². The fourth-order valence-electron chi connectivity index (χ4n) is 3.05. The van der Waals surface area contributed by atoms with Crippen LogP contribution in [0.4, 0.5) is 16.6 Å². The number of primary amides is 1. The van der Waals surface area contributed by atoms with Crippen molar-refractivity contribution in [3.05, 3.63) is 48.5 Å². The van der Waals surface area contributed by atoms with Crippen LogP contribution in [0.3, 0.4) is 0 Å². The van der Waals surface area contributed by atoms with E-state index in [9.17, 15) is 9.59 Å². The third-order valence-corrected chi connectivity index (χ3v) is 5.53. The van der Waals surface area contributed by atoms with Crippen LogP contribution in [-0.2, 0) is 9.53 Å². The van der Waals surface area contributed by atoms with Crippen molar-refractivity contribution in [1.82, 2.24) is 20.3 Å². The molecule has 0 bridgehead atoms. The summed E-state index contributed by atoms with van der Waals surface area (Å²) in [6, 6.07) is 5.65. The second-order valence-electron chi connectivity index (χ2n) is 6.76. The van der Waals surface area contributed by atoms with Gasteiger partial charge in [-0.05, 0) is 12.1 Å². The summed E-state index contributed by atoms with van der Waals surface area (Å²) in [5, 5.41) is 6.35. The number of nitrogens with zero attached hydrogens (tertiary/aromatic N) is 4. The van der Waals surface area contributed by atoms with E-state index in [1.807, 2.05) is 12.1 Å². The quantitative estimate of drug-likeness (QED) is 0.503. The average Bonchev–Trinajstić information content (AvgIpc) is 3.27. The number of thiazole rings is 1. The monoisotopic (exact) mass is 439 g/mol. The van der Waals surface area contributed by atoms with E-state index in [-0.39, 0.29) is 6.54 Å². The highest BCUT2D eigenvalue weighted by Crippen LogP contribution is 2.31. The van der Waals surface area contributed by atoms with Crippen LogP contribution in [0.1, 0.15) is 10.4 Å². The number of rotatable bonds is 7. The molecule has 4 heterocycles. The molecule has 0 radical (unpaired) electrons. The molecule has 4 N–H and O–H groups in total. The third kappa shape index (κ3) is 5.32. The highest BCUT2D eigenvalue weighted by molar-refractivity contribution is 7.18. The van der Waals surface area contributed by atoms with E-state index < -0.39 is 11.8 Å². The Morgan fingerprint density at radius 3 is 2.81 bits per heavy atom. The Morgan fingerprint density at radius 1 is 1.16 bits per heavy atom. The van der Waals surface area contributed by atoms with Gasteiger partial charge in [0.1, 0.15) is 5.82 Å². The van der Waals surface area contributed by atoms with Crippen molar-refractivity contribution in [2.75, 3.05) is 43.1 Å². The van der Waals surface area contributed by atoms with Crippen molar-refractivity contribution >= 4 is 39.8 Å². The molecule has 160 valence electrons. The average molecular weight is 440 g/mol. The maximum Gasteiger partial charge on any atom is 0.253 e. The molecule has 3 aromatic rings. The predicted molar refractivity (Wildman–Crippen MR) is 117 cm³/mol. The summed E-state index contributed by atoms with van der Waals surface area (Å²) in [5.41, 5.74) is 7.22. The summed E-state index contributed by atoms with van der Waals surface area (Å²) in [7, 11) is 0. The molecule has 0 saturated carbocycles. The number of carbonyl (C=O) groups is 2. The molecule has 0 spiro atoms. The third-order valence-electron chi connectivity index (χ3n) is 4.57. The number of ether oxygens (including phenoxy) is 1. The number of amides is 2. The summed E-state index contributed by atoms with van der Waals surface area (Å²) in [6.45, 7) is 2.90. The lowest BCUT2D eigenvalue weighted by atomic mass is 10.2. The molecule has 1 saturated heterocycles. The number of nitrogens with two attached hydrogens (primary N) is 1. The van der Waals surface area contributed by atoms with E-state index in [1.165, 1.54) is 17.5 Å². The molecular formula is C20H21N7O3S. The first-order valence-electron chi connectivity index (χ1n) is 9.62. The number of aromatic nitrogens is 3. The van der Waals surface area contributed by atoms with Crippen molar-refractivity contribution in [2.24, 2.45) is 5.73 Å². The number of hydrogen-bond acceptors (Lipinski definition) is 9. The number of anilines is 3. The molecule has 0 unspecified atom stereocenters. The summed E-state index contributed by atoms with van der Waals surface area (Å²) in [6.07, 6.45) is 6.56. The van der Waals surface area contributed by atoms with Gasteiger partial charge in [0.25, 0.3) is 5.91 Å². The first kappa shape index (κ1) is 20.7. The van der Waals surface area contributed by atoms with Gasteiger partial charge < -0.3 is 26.0 Å². The zero-order valence-corrected chi connectivity index (χ0v) is 17.4. The van der Waals surface area contributed by atoms with Crippen molar-refractivity contribution in [3.8, 4) is 10.4 Å². The Morgan fingerprint density at radius 2 is 2.00 bits per heavy atom. The fourth-order valence-corrected chi connectivity index (χ4v) is 3.85. The van der Waals surface area contributed by atoms with Crippen LogP contribution < -0.4 is 21.3 Å². The van der Waals surface area contributed by atoms with Crippen molar-refractivity contribution in [2.45, 2.75) is 0 Å². The van der Waals surface area contributed by atoms with E-state index >= 15 is 0 Å². The van der Waals surface area contributed by atoms with Crippen molar-refractivity contribution in [1.29, 1.82) is 0 Å². The molecule has 31 heavy (non-hydrogen) atoms. The molecule has 0 aromatic carbocycles. The number of morpholine rings is 1. The largest absolute Gasteiger partial charge is 0.378 e. The van der Waals surface area contributed by atoms with Crippen LogP contribution in [0.25, 0.3) is 10.4 Å². The molecule has 11 heteroatoms. The van der Waals surface area contributed by atoms with Gasteiger partial charge in [0.05, 0.1) is 30.2 Å². The van der Waals surface area contributed by atoms with Crippen molar-refractivity contribution in [3.63, 3.8) is 0 Å². The van der Waals surface area contributed by atoms with Gasteiger partial charge in [0.15, 0.2) is 5.13 Å². The molecule has 1 fully saturated rings. The lowest BCUT2D eigenvalue weighted by Crippen LogP contribution is -2.36. The van der Waals surface area contributed by atoms with Crippen LogP contribution >= 0.6 is 11.3 Å². The molecule has 10 nitrogen and oxygen atoms in total. The summed E-state index contributed by atoms with van der Waals surface area (Å²) in [5.74, 6) is -0.329. The molecule has 0 atom stereocenters. The van der Waals surface area contributed by atoms with E-state index in [0.717, 1.165) is 29.2 Å². The SMILES string of the molecule is NC(=O)CNC(=O)c1cncc(-c2cnc(Nc3cc(N4CCOCC4)ccn3)s2)c1. The number of pyridine rings is 2. The predicted octanol–water partition coefficient (Wildman–Crippen LogP) is 1.40.